The monoisotopic (exact) mass is 394 g/mol. The largest absolute Gasteiger partial charge is 0.289 e. The van der Waals surface area contributed by atoms with Gasteiger partial charge in [0.25, 0.3) is 0 Å². The average molecular weight is 395 g/mol. The molecule has 0 N–H and O–H groups in total. The predicted molar refractivity (Wildman–Crippen MR) is 115 cm³/mol. The zero-order valence-corrected chi connectivity index (χ0v) is 16.0. The second-order valence-electron chi connectivity index (χ2n) is 6.35. The van der Waals surface area contributed by atoms with Crippen molar-refractivity contribution in [2.75, 3.05) is 0 Å². The van der Waals surface area contributed by atoms with E-state index in [2.05, 4.69) is 0 Å². The summed E-state index contributed by atoms with van der Waals surface area (Å²) < 4.78 is 3.48. The average Bonchev–Trinajstić information content (AvgIpc) is 2.63. The number of halogens is 1. The molecule has 0 aliphatic rings. The first-order chi connectivity index (χ1) is 12.5. The van der Waals surface area contributed by atoms with Crippen molar-refractivity contribution in [3.05, 3.63) is 79.6 Å². The van der Waals surface area contributed by atoms with Crippen LogP contribution in [0, 0.1) is 6.92 Å². The summed E-state index contributed by atoms with van der Waals surface area (Å²) in [4.78, 5) is 25.9. The van der Waals surface area contributed by atoms with Crippen LogP contribution in [-0.2, 0) is 0 Å². The summed E-state index contributed by atoms with van der Waals surface area (Å²) >= 11 is 9.12. The summed E-state index contributed by atoms with van der Waals surface area (Å²) in [6.07, 6.45) is 0. The topological polar surface area (TPSA) is 34.1 Å². The van der Waals surface area contributed by atoms with E-state index in [0.717, 1.165) is 29.7 Å². The van der Waals surface area contributed by atoms with Gasteiger partial charge in [0.05, 0.1) is 0 Å². The highest BCUT2D eigenvalue weighted by atomic mass is 35.5. The molecular formula is C21H11ClO2S2. The fourth-order valence-electron chi connectivity index (χ4n) is 3.29. The van der Waals surface area contributed by atoms with Crippen LogP contribution in [0.15, 0.2) is 58.1 Å². The summed E-state index contributed by atoms with van der Waals surface area (Å²) in [6.45, 7) is 1.98. The maximum atomic E-state index is 13.0. The SMILES string of the molecule is Cc1ccc2sc3cc4c(=O)c5cc(Cl)ccc5sc4cc3c(=O)c2c1. The number of aryl methyl sites for hydroxylation is 1. The van der Waals surface area contributed by atoms with E-state index >= 15 is 0 Å². The normalized spacial score (nSPS) is 11.8. The van der Waals surface area contributed by atoms with Crippen LogP contribution in [-0.4, -0.2) is 0 Å². The lowest BCUT2D eigenvalue weighted by Crippen LogP contribution is -2.04. The highest BCUT2D eigenvalue weighted by molar-refractivity contribution is 7.26. The third-order valence-corrected chi connectivity index (χ3v) is 7.08. The summed E-state index contributed by atoms with van der Waals surface area (Å²) in [6, 6.07) is 15.0. The number of rotatable bonds is 0. The second kappa shape index (κ2) is 5.61. The van der Waals surface area contributed by atoms with Crippen LogP contribution in [0.2, 0.25) is 5.02 Å². The van der Waals surface area contributed by atoms with E-state index in [1.807, 2.05) is 43.3 Å². The fraction of sp³-hybridized carbons (Fsp3) is 0.0476. The maximum Gasteiger partial charge on any atom is 0.195 e. The van der Waals surface area contributed by atoms with Crippen LogP contribution in [0.25, 0.3) is 40.3 Å². The van der Waals surface area contributed by atoms with Gasteiger partial charge in [-0.3, -0.25) is 9.59 Å². The molecular weight excluding hydrogens is 384 g/mol. The maximum absolute atomic E-state index is 13.0. The molecule has 0 fully saturated rings. The molecule has 0 radical (unpaired) electrons. The quantitative estimate of drug-likeness (QED) is 0.297. The molecule has 26 heavy (non-hydrogen) atoms. The van der Waals surface area contributed by atoms with Gasteiger partial charge < -0.3 is 0 Å². The minimum Gasteiger partial charge on any atom is -0.289 e. The van der Waals surface area contributed by atoms with Gasteiger partial charge in [-0.1, -0.05) is 23.2 Å². The van der Waals surface area contributed by atoms with E-state index in [1.165, 1.54) is 11.3 Å². The van der Waals surface area contributed by atoms with Gasteiger partial charge in [-0.05, 0) is 49.4 Å². The van der Waals surface area contributed by atoms with Crippen molar-refractivity contribution in [3.8, 4) is 0 Å². The molecule has 3 aromatic carbocycles. The number of benzene rings is 3. The second-order valence-corrected chi connectivity index (χ2v) is 8.95. The van der Waals surface area contributed by atoms with Crippen LogP contribution < -0.4 is 10.9 Å². The molecule has 0 saturated carbocycles. The molecule has 126 valence electrons. The van der Waals surface area contributed by atoms with Crippen LogP contribution >= 0.6 is 34.3 Å². The molecule has 0 aliphatic carbocycles. The van der Waals surface area contributed by atoms with Crippen molar-refractivity contribution in [1.82, 2.24) is 0 Å². The van der Waals surface area contributed by atoms with Crippen molar-refractivity contribution in [2.45, 2.75) is 6.92 Å². The van der Waals surface area contributed by atoms with E-state index in [0.29, 0.717) is 21.2 Å². The van der Waals surface area contributed by atoms with Gasteiger partial charge in [0.1, 0.15) is 0 Å². The third kappa shape index (κ3) is 2.30. The van der Waals surface area contributed by atoms with Gasteiger partial charge in [0, 0.05) is 45.4 Å². The molecule has 0 spiro atoms. The first kappa shape index (κ1) is 15.9. The van der Waals surface area contributed by atoms with Crippen LogP contribution in [0.3, 0.4) is 0 Å². The van der Waals surface area contributed by atoms with Crippen molar-refractivity contribution >= 4 is 74.6 Å². The highest BCUT2D eigenvalue weighted by Crippen LogP contribution is 2.32. The number of fused-ring (bicyclic) bond motifs is 4. The molecule has 0 amide bonds. The lowest BCUT2D eigenvalue weighted by atomic mass is 10.1. The molecule has 2 aromatic heterocycles. The lowest BCUT2D eigenvalue weighted by molar-refractivity contribution is 1.51. The van der Waals surface area contributed by atoms with Gasteiger partial charge in [0.2, 0.25) is 0 Å². The fourth-order valence-corrected chi connectivity index (χ4v) is 5.61. The van der Waals surface area contributed by atoms with Gasteiger partial charge >= 0.3 is 0 Å². The molecule has 0 saturated heterocycles. The predicted octanol–water partition coefficient (Wildman–Crippen LogP) is 6.10. The zero-order chi connectivity index (χ0) is 18.0. The summed E-state index contributed by atoms with van der Waals surface area (Å²) in [5, 5.41) is 3.22. The number of hydrogen-bond acceptors (Lipinski definition) is 4. The van der Waals surface area contributed by atoms with Crippen molar-refractivity contribution in [2.24, 2.45) is 0 Å². The molecule has 0 unspecified atom stereocenters. The summed E-state index contributed by atoms with van der Waals surface area (Å²) in [7, 11) is 0. The van der Waals surface area contributed by atoms with Crippen molar-refractivity contribution in [3.63, 3.8) is 0 Å². The molecule has 5 heteroatoms. The summed E-state index contributed by atoms with van der Waals surface area (Å²) in [5.41, 5.74) is 1.05. The highest BCUT2D eigenvalue weighted by Gasteiger charge is 2.12. The Hall–Kier alpha value is -2.27. The van der Waals surface area contributed by atoms with Crippen LogP contribution in [0.5, 0.6) is 0 Å². The minimum atomic E-state index is -0.0400. The van der Waals surface area contributed by atoms with E-state index < -0.39 is 0 Å². The molecule has 2 heterocycles. The Kier molecular flexibility index (Phi) is 3.44. The molecule has 2 nitrogen and oxygen atoms in total. The Morgan fingerprint density at radius 3 is 1.77 bits per heavy atom. The van der Waals surface area contributed by atoms with E-state index in [4.69, 9.17) is 11.6 Å². The molecule has 0 atom stereocenters. The smallest absolute Gasteiger partial charge is 0.195 e. The van der Waals surface area contributed by atoms with Gasteiger partial charge in [-0.25, -0.2) is 0 Å². The van der Waals surface area contributed by atoms with Crippen LogP contribution in [0.4, 0.5) is 0 Å². The molecule has 5 rings (SSSR count). The summed E-state index contributed by atoms with van der Waals surface area (Å²) in [5.74, 6) is 0. The van der Waals surface area contributed by atoms with E-state index in [9.17, 15) is 9.59 Å². The van der Waals surface area contributed by atoms with E-state index in [1.54, 1.807) is 23.5 Å². The zero-order valence-electron chi connectivity index (χ0n) is 13.6. The Bertz CT molecular complexity index is 1380. The third-order valence-electron chi connectivity index (χ3n) is 4.58. The Morgan fingerprint density at radius 2 is 1.15 bits per heavy atom. The van der Waals surface area contributed by atoms with Gasteiger partial charge in [-0.2, -0.15) is 0 Å². The van der Waals surface area contributed by atoms with Crippen molar-refractivity contribution in [1.29, 1.82) is 0 Å². The first-order valence-corrected chi connectivity index (χ1v) is 10.1. The minimum absolute atomic E-state index is 0.0233. The molecule has 5 aromatic rings. The lowest BCUT2D eigenvalue weighted by Gasteiger charge is -2.05. The molecule has 0 bridgehead atoms. The molecule has 0 aliphatic heterocycles. The van der Waals surface area contributed by atoms with Crippen LogP contribution in [0.1, 0.15) is 5.56 Å². The van der Waals surface area contributed by atoms with Gasteiger partial charge in [-0.15, -0.1) is 22.7 Å². The standard InChI is InChI=1S/C21H11ClO2S2/c1-10-2-4-16-12(6-10)20(23)14-8-19-15(9-18(14)25-16)21(24)13-7-11(22)3-5-17(13)26-19/h2-9H,1H3. The van der Waals surface area contributed by atoms with E-state index in [-0.39, 0.29) is 10.9 Å². The van der Waals surface area contributed by atoms with Crippen molar-refractivity contribution < 1.29 is 0 Å². The number of hydrogen-bond donors (Lipinski definition) is 0. The Balaban J connectivity index is 2.00. The Morgan fingerprint density at radius 1 is 0.654 bits per heavy atom. The Labute approximate surface area is 160 Å². The van der Waals surface area contributed by atoms with Gasteiger partial charge in [0.15, 0.2) is 10.9 Å². The first-order valence-electron chi connectivity index (χ1n) is 8.04.